The van der Waals surface area contributed by atoms with Crippen molar-refractivity contribution >= 4 is 23.3 Å². The number of benzene rings is 1. The van der Waals surface area contributed by atoms with Crippen molar-refractivity contribution in [3.63, 3.8) is 0 Å². The highest BCUT2D eigenvalue weighted by molar-refractivity contribution is 5.81. The maximum absolute atomic E-state index is 12.9. The fourth-order valence-electron chi connectivity index (χ4n) is 3.28. The summed E-state index contributed by atoms with van der Waals surface area (Å²) in [5.41, 5.74) is -1.64. The molecule has 1 amide bonds. The Hall–Kier alpha value is -2.85. The number of anilines is 1. The molecular weight excluding hydrogens is 419 g/mol. The number of rotatable bonds is 8. The van der Waals surface area contributed by atoms with Crippen LogP contribution in [0.2, 0.25) is 0 Å². The predicted octanol–water partition coefficient (Wildman–Crippen LogP) is 3.54. The Morgan fingerprint density at radius 3 is 2.48 bits per heavy atom. The van der Waals surface area contributed by atoms with E-state index in [0.29, 0.717) is 31.4 Å². The average molecular weight is 445 g/mol. The van der Waals surface area contributed by atoms with Gasteiger partial charge in [0.05, 0.1) is 16.4 Å². The fraction of sp³-hybridized carbons (Fsp3) is 0.600. The Kier molecular flexibility index (Phi) is 8.23. The zero-order valence-electron chi connectivity index (χ0n) is 17.4. The van der Waals surface area contributed by atoms with E-state index in [1.165, 1.54) is 0 Å². The van der Waals surface area contributed by atoms with Gasteiger partial charge < -0.3 is 15.0 Å². The topological polar surface area (TPSA) is 102 Å². The minimum Gasteiger partial charge on any atom is -0.455 e. The van der Waals surface area contributed by atoms with Crippen LogP contribution in [0.3, 0.4) is 0 Å². The van der Waals surface area contributed by atoms with E-state index in [0.717, 1.165) is 18.6 Å². The third-order valence-electron chi connectivity index (χ3n) is 5.06. The number of alkyl halides is 3. The third-order valence-corrected chi connectivity index (χ3v) is 5.06. The number of hydrogen-bond acceptors (Lipinski definition) is 6. The molecule has 0 atom stereocenters. The van der Waals surface area contributed by atoms with Crippen LogP contribution in [0.1, 0.15) is 38.7 Å². The van der Waals surface area contributed by atoms with Gasteiger partial charge in [0.1, 0.15) is 5.69 Å². The van der Waals surface area contributed by atoms with Gasteiger partial charge in [-0.2, -0.15) is 13.2 Å². The molecule has 0 aliphatic carbocycles. The minimum absolute atomic E-state index is 0.0781. The number of nitro benzene ring substituents is 1. The van der Waals surface area contributed by atoms with Crippen LogP contribution in [0.25, 0.3) is 0 Å². The number of amides is 1. The lowest BCUT2D eigenvalue weighted by Gasteiger charge is -2.32. The van der Waals surface area contributed by atoms with Crippen LogP contribution in [0.5, 0.6) is 0 Å². The summed E-state index contributed by atoms with van der Waals surface area (Å²) in [6.45, 7) is 4.66. The quantitative estimate of drug-likeness (QED) is 0.373. The number of esters is 1. The monoisotopic (exact) mass is 445 g/mol. The normalized spacial score (nSPS) is 15.1. The van der Waals surface area contributed by atoms with E-state index in [9.17, 15) is 32.9 Å². The molecule has 172 valence electrons. The lowest BCUT2D eigenvalue weighted by Crippen LogP contribution is -2.38. The van der Waals surface area contributed by atoms with E-state index in [1.807, 2.05) is 13.8 Å². The molecule has 11 heteroatoms. The first-order valence-electron chi connectivity index (χ1n) is 10.0. The molecule has 31 heavy (non-hydrogen) atoms. The molecule has 1 saturated heterocycles. The summed E-state index contributed by atoms with van der Waals surface area (Å²) in [6, 6.07) is 2.41. The van der Waals surface area contributed by atoms with Gasteiger partial charge in [-0.25, -0.2) is 0 Å². The van der Waals surface area contributed by atoms with Gasteiger partial charge in [0.15, 0.2) is 6.61 Å². The van der Waals surface area contributed by atoms with Crippen molar-refractivity contribution in [2.45, 2.75) is 39.3 Å². The highest BCUT2D eigenvalue weighted by atomic mass is 19.4. The van der Waals surface area contributed by atoms with Gasteiger partial charge in [-0.15, -0.1) is 0 Å². The van der Waals surface area contributed by atoms with Crippen molar-refractivity contribution in [2.24, 2.45) is 11.8 Å². The van der Waals surface area contributed by atoms with Crippen LogP contribution in [0.4, 0.5) is 24.5 Å². The summed E-state index contributed by atoms with van der Waals surface area (Å²) in [6.07, 6.45) is -3.24. The second-order valence-corrected chi connectivity index (χ2v) is 7.86. The number of carbonyl (C=O) groups excluding carboxylic acids is 2. The number of ether oxygens (including phenoxy) is 1. The molecule has 1 aromatic carbocycles. The van der Waals surface area contributed by atoms with E-state index in [4.69, 9.17) is 4.74 Å². The predicted molar refractivity (Wildman–Crippen MR) is 106 cm³/mol. The molecule has 1 heterocycles. The first-order chi connectivity index (χ1) is 14.5. The van der Waals surface area contributed by atoms with Gasteiger partial charge in [0.25, 0.3) is 11.6 Å². The van der Waals surface area contributed by atoms with Gasteiger partial charge in [-0.1, -0.05) is 13.8 Å². The van der Waals surface area contributed by atoms with Gasteiger partial charge >= 0.3 is 12.1 Å². The summed E-state index contributed by atoms with van der Waals surface area (Å²) in [5.74, 6) is -0.950. The number of carbonyl (C=O) groups is 2. The summed E-state index contributed by atoms with van der Waals surface area (Å²) >= 11 is 0. The molecular formula is C20H26F3N3O5. The van der Waals surface area contributed by atoms with E-state index >= 15 is 0 Å². The zero-order valence-corrected chi connectivity index (χ0v) is 17.4. The molecule has 1 N–H and O–H groups in total. The van der Waals surface area contributed by atoms with E-state index in [2.05, 4.69) is 5.32 Å². The minimum atomic E-state index is -4.68. The van der Waals surface area contributed by atoms with Crippen molar-refractivity contribution in [1.82, 2.24) is 5.32 Å². The Bertz CT molecular complexity index is 806. The van der Waals surface area contributed by atoms with Gasteiger partial charge in [0, 0.05) is 25.7 Å². The van der Waals surface area contributed by atoms with Gasteiger partial charge in [-0.3, -0.25) is 19.7 Å². The Morgan fingerprint density at radius 1 is 1.29 bits per heavy atom. The highest BCUT2D eigenvalue weighted by Gasteiger charge is 2.35. The van der Waals surface area contributed by atoms with Crippen molar-refractivity contribution in [2.75, 3.05) is 31.1 Å². The van der Waals surface area contributed by atoms with Crippen molar-refractivity contribution < 1.29 is 32.4 Å². The lowest BCUT2D eigenvalue weighted by molar-refractivity contribution is -0.384. The van der Waals surface area contributed by atoms with Crippen LogP contribution in [-0.2, 0) is 20.5 Å². The summed E-state index contributed by atoms with van der Waals surface area (Å²) in [5, 5.41) is 13.9. The average Bonchev–Trinajstić information content (AvgIpc) is 2.70. The zero-order chi connectivity index (χ0) is 23.2. The molecule has 1 aromatic rings. The summed E-state index contributed by atoms with van der Waals surface area (Å²) < 4.78 is 43.6. The Morgan fingerprint density at radius 2 is 1.94 bits per heavy atom. The first-order valence-corrected chi connectivity index (χ1v) is 10.0. The molecule has 1 aliphatic heterocycles. The number of piperidine rings is 1. The molecule has 0 spiro atoms. The molecule has 0 unspecified atom stereocenters. The molecule has 8 nitrogen and oxygen atoms in total. The van der Waals surface area contributed by atoms with Gasteiger partial charge in [0.2, 0.25) is 0 Å². The molecule has 0 bridgehead atoms. The van der Waals surface area contributed by atoms with Crippen LogP contribution in [0.15, 0.2) is 18.2 Å². The fourth-order valence-corrected chi connectivity index (χ4v) is 3.28. The maximum atomic E-state index is 12.9. The number of halogens is 3. The smallest absolute Gasteiger partial charge is 0.416 e. The van der Waals surface area contributed by atoms with E-state index in [-0.39, 0.29) is 31.3 Å². The second-order valence-electron chi connectivity index (χ2n) is 7.86. The van der Waals surface area contributed by atoms with Crippen molar-refractivity contribution in [1.29, 1.82) is 0 Å². The number of nitrogens with zero attached hydrogens (tertiary/aromatic N) is 2. The summed E-state index contributed by atoms with van der Waals surface area (Å²) in [7, 11) is 0. The van der Waals surface area contributed by atoms with Crippen molar-refractivity contribution in [3.8, 4) is 0 Å². The number of nitrogens with one attached hydrogen (secondary N) is 1. The second kappa shape index (κ2) is 10.5. The molecule has 0 saturated carbocycles. The van der Waals surface area contributed by atoms with E-state index < -0.39 is 34.2 Å². The molecule has 0 aromatic heterocycles. The summed E-state index contributed by atoms with van der Waals surface area (Å²) in [4.78, 5) is 35.9. The standard InChI is InChI=1S/C20H26F3N3O5/c1-13(2)5-8-24-18(27)12-31-19(28)14-6-9-25(10-7-14)16-4-3-15(20(21,22)23)11-17(16)26(29)30/h3-4,11,13-14H,5-10,12H2,1-2H3,(H,24,27). The van der Waals surface area contributed by atoms with Gasteiger partial charge in [-0.05, 0) is 37.3 Å². The van der Waals surface area contributed by atoms with Crippen LogP contribution in [-0.4, -0.2) is 43.0 Å². The Balaban J connectivity index is 1.90. The molecule has 0 radical (unpaired) electrons. The third kappa shape index (κ3) is 7.11. The highest BCUT2D eigenvalue weighted by Crippen LogP contribution is 2.37. The van der Waals surface area contributed by atoms with Crippen LogP contribution >= 0.6 is 0 Å². The molecule has 2 rings (SSSR count). The Labute approximate surface area is 177 Å². The van der Waals surface area contributed by atoms with E-state index in [1.54, 1.807) is 4.90 Å². The maximum Gasteiger partial charge on any atom is 0.416 e. The molecule has 1 fully saturated rings. The molecule has 1 aliphatic rings. The lowest BCUT2D eigenvalue weighted by atomic mass is 9.96. The number of nitro groups is 1. The number of hydrogen-bond donors (Lipinski definition) is 1. The van der Waals surface area contributed by atoms with Crippen molar-refractivity contribution in [3.05, 3.63) is 33.9 Å². The van der Waals surface area contributed by atoms with Crippen LogP contribution < -0.4 is 10.2 Å². The largest absolute Gasteiger partial charge is 0.455 e. The van der Waals surface area contributed by atoms with Crippen LogP contribution in [0, 0.1) is 22.0 Å². The SMILES string of the molecule is CC(C)CCNC(=O)COC(=O)C1CCN(c2ccc(C(F)(F)F)cc2[N+](=O)[O-])CC1. The first kappa shape index (κ1) is 24.4.